The molecule has 3 heteroatoms. The molecule has 0 aromatic carbocycles. The Morgan fingerprint density at radius 3 is 2.70 bits per heavy atom. The second-order valence-electron chi connectivity index (χ2n) is 6.79. The molecule has 3 aliphatic heterocycles. The Morgan fingerprint density at radius 1 is 1.25 bits per heavy atom. The number of rotatable bonds is 3. The molecule has 3 saturated heterocycles. The molecule has 0 aromatic heterocycles. The van der Waals surface area contributed by atoms with E-state index in [9.17, 15) is 4.79 Å². The van der Waals surface area contributed by atoms with Crippen LogP contribution in [0.2, 0.25) is 0 Å². The third-order valence-electron chi connectivity index (χ3n) is 5.58. The minimum Gasteiger partial charge on any atom is -0.354 e. The lowest BCUT2D eigenvalue weighted by molar-refractivity contribution is -0.126. The van der Waals surface area contributed by atoms with Crippen molar-refractivity contribution >= 4 is 5.91 Å². The smallest absolute Gasteiger partial charge is 0.223 e. The maximum absolute atomic E-state index is 12.2. The summed E-state index contributed by atoms with van der Waals surface area (Å²) in [7, 11) is 0. The number of piperidine rings is 3. The van der Waals surface area contributed by atoms with Gasteiger partial charge >= 0.3 is 0 Å². The fraction of sp³-hybridized carbons (Fsp3) is 0.824. The summed E-state index contributed by atoms with van der Waals surface area (Å²) >= 11 is 0. The molecule has 0 radical (unpaired) electrons. The molecule has 3 nitrogen and oxygen atoms in total. The zero-order valence-corrected chi connectivity index (χ0v) is 12.3. The van der Waals surface area contributed by atoms with Gasteiger partial charge in [-0.15, -0.1) is 12.3 Å². The molecule has 20 heavy (non-hydrogen) atoms. The van der Waals surface area contributed by atoms with E-state index in [0.717, 1.165) is 32.5 Å². The third-order valence-corrected chi connectivity index (χ3v) is 5.58. The summed E-state index contributed by atoms with van der Waals surface area (Å²) in [5.74, 6) is 4.63. The molecule has 1 N–H and O–H groups in total. The maximum Gasteiger partial charge on any atom is 0.223 e. The van der Waals surface area contributed by atoms with Crippen LogP contribution in [0.3, 0.4) is 0 Å². The average molecular weight is 274 g/mol. The zero-order valence-electron chi connectivity index (χ0n) is 12.3. The Labute approximate surface area is 122 Å². The van der Waals surface area contributed by atoms with E-state index >= 15 is 0 Å². The molecule has 4 fully saturated rings. The summed E-state index contributed by atoms with van der Waals surface area (Å²) in [6, 6.07) is 0.519. The zero-order chi connectivity index (χ0) is 13.9. The second kappa shape index (κ2) is 6.18. The normalized spacial score (nSPS) is 37.4. The van der Waals surface area contributed by atoms with Gasteiger partial charge in [0.25, 0.3) is 0 Å². The number of terminal acetylenes is 1. The molecule has 4 unspecified atom stereocenters. The number of hydrogen-bond donors (Lipinski definition) is 1. The van der Waals surface area contributed by atoms with Gasteiger partial charge in [-0.05, 0) is 38.1 Å². The second-order valence-corrected chi connectivity index (χ2v) is 6.79. The van der Waals surface area contributed by atoms with Gasteiger partial charge in [0.15, 0.2) is 0 Å². The quantitative estimate of drug-likeness (QED) is 0.799. The number of nitrogens with one attached hydrogen (secondary N) is 1. The molecular formula is C17H26N2O. The Kier molecular flexibility index (Phi) is 4.31. The highest BCUT2D eigenvalue weighted by atomic mass is 16.1. The molecule has 1 amide bonds. The van der Waals surface area contributed by atoms with Crippen LogP contribution in [-0.2, 0) is 4.79 Å². The molecule has 0 aromatic rings. The van der Waals surface area contributed by atoms with E-state index in [2.05, 4.69) is 16.1 Å². The topological polar surface area (TPSA) is 32.3 Å². The van der Waals surface area contributed by atoms with Crippen molar-refractivity contribution in [3.05, 3.63) is 0 Å². The van der Waals surface area contributed by atoms with E-state index in [0.29, 0.717) is 23.8 Å². The van der Waals surface area contributed by atoms with Crippen molar-refractivity contribution in [2.75, 3.05) is 19.6 Å². The molecule has 0 spiro atoms. The van der Waals surface area contributed by atoms with Crippen molar-refractivity contribution in [1.82, 2.24) is 10.2 Å². The Hall–Kier alpha value is -1.01. The van der Waals surface area contributed by atoms with Gasteiger partial charge in [0, 0.05) is 31.0 Å². The van der Waals surface area contributed by atoms with E-state index < -0.39 is 0 Å². The molecule has 1 saturated carbocycles. The summed E-state index contributed by atoms with van der Waals surface area (Å²) < 4.78 is 0. The highest BCUT2D eigenvalue weighted by Crippen LogP contribution is 2.35. The van der Waals surface area contributed by atoms with Crippen LogP contribution in [0.15, 0.2) is 0 Å². The molecule has 4 atom stereocenters. The van der Waals surface area contributed by atoms with Crippen LogP contribution in [0.5, 0.6) is 0 Å². The summed E-state index contributed by atoms with van der Waals surface area (Å²) in [6.07, 6.45) is 13.9. The lowest BCUT2D eigenvalue weighted by atomic mass is 9.76. The standard InChI is InChI=1S/C17H26N2O/c1-2-13-12-19-9-8-15(13)10-16(19)11-18-17(20)14-6-4-3-5-7-14/h1,13-16H,3-12H2,(H,18,20). The van der Waals surface area contributed by atoms with Gasteiger partial charge in [-0.25, -0.2) is 0 Å². The lowest BCUT2D eigenvalue weighted by Gasteiger charge is -2.48. The number of nitrogens with zero attached hydrogens (tertiary/aromatic N) is 1. The van der Waals surface area contributed by atoms with Crippen LogP contribution in [0.25, 0.3) is 0 Å². The van der Waals surface area contributed by atoms with Gasteiger partial charge in [-0.2, -0.15) is 0 Å². The summed E-state index contributed by atoms with van der Waals surface area (Å²) in [6.45, 7) is 3.01. The van der Waals surface area contributed by atoms with E-state index in [-0.39, 0.29) is 5.92 Å². The summed E-state index contributed by atoms with van der Waals surface area (Å²) in [5.41, 5.74) is 0. The van der Waals surface area contributed by atoms with E-state index in [4.69, 9.17) is 6.42 Å². The first-order valence-corrected chi connectivity index (χ1v) is 8.26. The summed E-state index contributed by atoms with van der Waals surface area (Å²) in [4.78, 5) is 14.7. The van der Waals surface area contributed by atoms with Crippen LogP contribution >= 0.6 is 0 Å². The SMILES string of the molecule is C#CC1CN2CCC1CC2CNC(=O)C1CCCCC1. The Morgan fingerprint density at radius 2 is 2.05 bits per heavy atom. The van der Waals surface area contributed by atoms with Crippen LogP contribution in [0.1, 0.15) is 44.9 Å². The predicted octanol–water partition coefficient (Wildman–Crippen LogP) is 2.03. The maximum atomic E-state index is 12.2. The Balaban J connectivity index is 1.47. The van der Waals surface area contributed by atoms with Gasteiger partial charge in [0.1, 0.15) is 0 Å². The largest absolute Gasteiger partial charge is 0.354 e. The van der Waals surface area contributed by atoms with Crippen LogP contribution < -0.4 is 5.32 Å². The Bertz CT molecular complexity index is 394. The van der Waals surface area contributed by atoms with E-state index in [1.54, 1.807) is 0 Å². The van der Waals surface area contributed by atoms with Crippen molar-refractivity contribution in [3.8, 4) is 12.3 Å². The fourth-order valence-electron chi connectivity index (χ4n) is 4.27. The first-order chi connectivity index (χ1) is 9.78. The number of carbonyl (C=O) groups is 1. The highest BCUT2D eigenvalue weighted by molar-refractivity contribution is 5.78. The van der Waals surface area contributed by atoms with Crippen LogP contribution in [-0.4, -0.2) is 36.5 Å². The predicted molar refractivity (Wildman–Crippen MR) is 80.0 cm³/mol. The first-order valence-electron chi connectivity index (χ1n) is 8.26. The fourth-order valence-corrected chi connectivity index (χ4v) is 4.27. The third kappa shape index (κ3) is 2.86. The molecule has 2 bridgehead atoms. The van der Waals surface area contributed by atoms with E-state index in [1.165, 1.54) is 32.1 Å². The van der Waals surface area contributed by atoms with Gasteiger partial charge in [0.2, 0.25) is 5.91 Å². The molecule has 4 rings (SSSR count). The van der Waals surface area contributed by atoms with Crippen LogP contribution in [0, 0.1) is 30.1 Å². The highest BCUT2D eigenvalue weighted by Gasteiger charge is 2.39. The number of fused-ring (bicyclic) bond motifs is 3. The van der Waals surface area contributed by atoms with Gasteiger partial charge in [0.05, 0.1) is 0 Å². The molecular weight excluding hydrogens is 248 g/mol. The average Bonchev–Trinajstić information content (AvgIpc) is 2.53. The minimum absolute atomic E-state index is 0.276. The number of hydrogen-bond acceptors (Lipinski definition) is 2. The molecule has 4 aliphatic rings. The van der Waals surface area contributed by atoms with E-state index in [1.807, 2.05) is 0 Å². The van der Waals surface area contributed by atoms with Crippen molar-refractivity contribution in [3.63, 3.8) is 0 Å². The number of amides is 1. The summed E-state index contributed by atoms with van der Waals surface area (Å²) in [5, 5.41) is 3.21. The molecule has 1 aliphatic carbocycles. The van der Waals surface area contributed by atoms with Crippen LogP contribution in [0.4, 0.5) is 0 Å². The monoisotopic (exact) mass is 274 g/mol. The van der Waals surface area contributed by atoms with Crippen molar-refractivity contribution in [1.29, 1.82) is 0 Å². The van der Waals surface area contributed by atoms with Gasteiger partial charge in [-0.1, -0.05) is 19.3 Å². The van der Waals surface area contributed by atoms with Crippen molar-refractivity contribution in [2.24, 2.45) is 17.8 Å². The minimum atomic E-state index is 0.276. The first kappa shape index (κ1) is 13.9. The van der Waals surface area contributed by atoms with Crippen molar-refractivity contribution < 1.29 is 4.79 Å². The van der Waals surface area contributed by atoms with Gasteiger partial charge < -0.3 is 5.32 Å². The van der Waals surface area contributed by atoms with Crippen molar-refractivity contribution in [2.45, 2.75) is 51.0 Å². The number of carbonyl (C=O) groups excluding carboxylic acids is 1. The molecule has 3 heterocycles. The lowest BCUT2D eigenvalue weighted by Crippen LogP contribution is -2.56. The molecule has 110 valence electrons. The van der Waals surface area contributed by atoms with Gasteiger partial charge in [-0.3, -0.25) is 9.69 Å².